The highest BCUT2D eigenvalue weighted by Crippen LogP contribution is 2.39. The van der Waals surface area contributed by atoms with Gasteiger partial charge in [-0.3, -0.25) is 0 Å². The van der Waals surface area contributed by atoms with Gasteiger partial charge < -0.3 is 10.2 Å². The number of nitrogens with zero attached hydrogens (tertiary/aromatic N) is 2. The molecular formula is C8H13N3O. The molecule has 0 aromatic carbocycles. The molecule has 1 heterocycles. The lowest BCUT2D eigenvalue weighted by Crippen LogP contribution is -2.17. The van der Waals surface area contributed by atoms with E-state index >= 15 is 0 Å². The number of hydrogen-bond donors (Lipinski definition) is 1. The van der Waals surface area contributed by atoms with Crippen molar-refractivity contribution in [2.75, 3.05) is 5.73 Å². The first-order chi connectivity index (χ1) is 5.71. The van der Waals surface area contributed by atoms with Crippen LogP contribution in [-0.4, -0.2) is 10.2 Å². The van der Waals surface area contributed by atoms with Crippen molar-refractivity contribution in [2.24, 2.45) is 0 Å². The van der Waals surface area contributed by atoms with Crippen molar-refractivity contribution in [3.8, 4) is 0 Å². The van der Waals surface area contributed by atoms with E-state index in [1.165, 1.54) is 12.8 Å². The van der Waals surface area contributed by atoms with Crippen molar-refractivity contribution < 1.29 is 4.42 Å². The molecular weight excluding hydrogens is 154 g/mol. The minimum Gasteiger partial charge on any atom is -0.408 e. The Bertz CT molecular complexity index is 276. The fraction of sp³-hybridized carbons (Fsp3) is 0.750. The van der Waals surface area contributed by atoms with Crippen LogP contribution in [0.25, 0.3) is 0 Å². The Balaban J connectivity index is 2.28. The molecule has 1 aromatic rings. The molecule has 0 radical (unpaired) electrons. The molecule has 1 aliphatic carbocycles. The summed E-state index contributed by atoms with van der Waals surface area (Å²) in [5.41, 5.74) is 5.45. The molecule has 0 saturated heterocycles. The van der Waals surface area contributed by atoms with E-state index in [0.717, 1.165) is 12.8 Å². The summed E-state index contributed by atoms with van der Waals surface area (Å²) < 4.78 is 5.23. The van der Waals surface area contributed by atoms with Crippen LogP contribution in [0.4, 0.5) is 6.01 Å². The lowest BCUT2D eigenvalue weighted by atomic mass is 9.89. The van der Waals surface area contributed by atoms with Gasteiger partial charge in [-0.15, -0.1) is 5.10 Å². The molecule has 2 rings (SSSR count). The highest BCUT2D eigenvalue weighted by molar-refractivity contribution is 5.11. The van der Waals surface area contributed by atoms with Crippen LogP contribution >= 0.6 is 0 Å². The fourth-order valence-corrected chi connectivity index (χ4v) is 1.85. The van der Waals surface area contributed by atoms with Gasteiger partial charge in [-0.05, 0) is 12.8 Å². The molecule has 66 valence electrons. The molecule has 1 saturated carbocycles. The molecule has 4 nitrogen and oxygen atoms in total. The molecule has 0 atom stereocenters. The van der Waals surface area contributed by atoms with E-state index in [2.05, 4.69) is 17.1 Å². The van der Waals surface area contributed by atoms with Gasteiger partial charge in [0.15, 0.2) is 0 Å². The summed E-state index contributed by atoms with van der Waals surface area (Å²) in [5, 5.41) is 7.60. The van der Waals surface area contributed by atoms with Crippen LogP contribution in [0, 0.1) is 0 Å². The van der Waals surface area contributed by atoms with E-state index in [1.807, 2.05) is 0 Å². The van der Waals surface area contributed by atoms with Crippen LogP contribution in [0.5, 0.6) is 0 Å². The standard InChI is InChI=1S/C8H13N3O/c1-8(4-2-3-5-8)6-10-11-7(9)12-6/h2-5H2,1H3,(H2,9,11). The summed E-state index contributed by atoms with van der Waals surface area (Å²) in [6, 6.07) is 0.179. The molecule has 0 spiro atoms. The minimum absolute atomic E-state index is 0.0879. The van der Waals surface area contributed by atoms with Crippen molar-refractivity contribution in [2.45, 2.75) is 38.0 Å². The predicted molar refractivity (Wildman–Crippen MR) is 44.5 cm³/mol. The van der Waals surface area contributed by atoms with Gasteiger partial charge in [-0.1, -0.05) is 24.9 Å². The van der Waals surface area contributed by atoms with Crippen LogP contribution in [0.15, 0.2) is 4.42 Å². The zero-order valence-corrected chi connectivity index (χ0v) is 7.21. The van der Waals surface area contributed by atoms with Gasteiger partial charge in [-0.25, -0.2) is 0 Å². The first-order valence-corrected chi connectivity index (χ1v) is 4.30. The zero-order valence-electron chi connectivity index (χ0n) is 7.21. The molecule has 0 aliphatic heterocycles. The Kier molecular flexibility index (Phi) is 1.56. The maximum absolute atomic E-state index is 5.36. The lowest BCUT2D eigenvalue weighted by molar-refractivity contribution is 0.357. The fourth-order valence-electron chi connectivity index (χ4n) is 1.85. The predicted octanol–water partition coefficient (Wildman–Crippen LogP) is 1.48. The van der Waals surface area contributed by atoms with Gasteiger partial charge in [0.2, 0.25) is 5.89 Å². The van der Waals surface area contributed by atoms with Crippen LogP contribution in [0.2, 0.25) is 0 Å². The molecule has 4 heteroatoms. The van der Waals surface area contributed by atoms with Gasteiger partial charge in [0.1, 0.15) is 0 Å². The third kappa shape index (κ3) is 1.07. The SMILES string of the molecule is CC1(c2nnc(N)o2)CCCC1. The molecule has 2 N–H and O–H groups in total. The summed E-state index contributed by atoms with van der Waals surface area (Å²) >= 11 is 0. The summed E-state index contributed by atoms with van der Waals surface area (Å²) in [7, 11) is 0. The monoisotopic (exact) mass is 167 g/mol. The van der Waals surface area contributed by atoms with Crippen molar-refractivity contribution in [1.82, 2.24) is 10.2 Å². The third-order valence-corrected chi connectivity index (χ3v) is 2.66. The van der Waals surface area contributed by atoms with Crippen LogP contribution in [-0.2, 0) is 5.41 Å². The smallest absolute Gasteiger partial charge is 0.312 e. The first kappa shape index (κ1) is 7.58. The Labute approximate surface area is 71.2 Å². The average Bonchev–Trinajstić information content (AvgIpc) is 2.59. The molecule has 0 bridgehead atoms. The van der Waals surface area contributed by atoms with E-state index in [-0.39, 0.29) is 11.4 Å². The highest BCUT2D eigenvalue weighted by Gasteiger charge is 2.35. The highest BCUT2D eigenvalue weighted by atomic mass is 16.4. The Morgan fingerprint density at radius 1 is 1.33 bits per heavy atom. The zero-order chi connectivity index (χ0) is 8.60. The molecule has 0 unspecified atom stereocenters. The van der Waals surface area contributed by atoms with E-state index in [1.54, 1.807) is 0 Å². The number of anilines is 1. The Morgan fingerprint density at radius 3 is 2.50 bits per heavy atom. The first-order valence-electron chi connectivity index (χ1n) is 4.30. The van der Waals surface area contributed by atoms with Gasteiger partial charge in [0, 0.05) is 5.41 Å². The van der Waals surface area contributed by atoms with Gasteiger partial charge in [-0.2, -0.15) is 0 Å². The average molecular weight is 167 g/mol. The van der Waals surface area contributed by atoms with E-state index in [9.17, 15) is 0 Å². The summed E-state index contributed by atoms with van der Waals surface area (Å²) in [5.74, 6) is 0.706. The summed E-state index contributed by atoms with van der Waals surface area (Å²) in [4.78, 5) is 0. The van der Waals surface area contributed by atoms with Gasteiger partial charge >= 0.3 is 6.01 Å². The molecule has 1 aromatic heterocycles. The number of nitrogens with two attached hydrogens (primary N) is 1. The molecule has 0 amide bonds. The van der Waals surface area contributed by atoms with E-state index in [4.69, 9.17) is 10.2 Å². The van der Waals surface area contributed by atoms with Gasteiger partial charge in [0.05, 0.1) is 0 Å². The Morgan fingerprint density at radius 2 is 2.00 bits per heavy atom. The van der Waals surface area contributed by atoms with Crippen molar-refractivity contribution >= 4 is 6.01 Å². The second-order valence-corrected chi connectivity index (χ2v) is 3.71. The minimum atomic E-state index is 0.0879. The second-order valence-electron chi connectivity index (χ2n) is 3.71. The Hall–Kier alpha value is -1.06. The topological polar surface area (TPSA) is 64.9 Å². The number of rotatable bonds is 1. The van der Waals surface area contributed by atoms with Crippen LogP contribution < -0.4 is 5.73 Å². The van der Waals surface area contributed by atoms with Crippen molar-refractivity contribution in [3.05, 3.63) is 5.89 Å². The largest absolute Gasteiger partial charge is 0.408 e. The van der Waals surface area contributed by atoms with E-state index in [0.29, 0.717) is 5.89 Å². The maximum Gasteiger partial charge on any atom is 0.312 e. The molecule has 12 heavy (non-hydrogen) atoms. The lowest BCUT2D eigenvalue weighted by Gasteiger charge is -2.16. The molecule has 1 aliphatic rings. The van der Waals surface area contributed by atoms with Crippen molar-refractivity contribution in [1.29, 1.82) is 0 Å². The quantitative estimate of drug-likeness (QED) is 0.688. The number of aromatic nitrogens is 2. The summed E-state index contributed by atoms with van der Waals surface area (Å²) in [6.07, 6.45) is 4.76. The van der Waals surface area contributed by atoms with Gasteiger partial charge in [0.25, 0.3) is 0 Å². The normalized spacial score (nSPS) is 21.4. The number of hydrogen-bond acceptors (Lipinski definition) is 4. The van der Waals surface area contributed by atoms with Crippen LogP contribution in [0.1, 0.15) is 38.5 Å². The maximum atomic E-state index is 5.36. The summed E-state index contributed by atoms with van der Waals surface area (Å²) in [6.45, 7) is 2.16. The molecule has 1 fully saturated rings. The van der Waals surface area contributed by atoms with E-state index < -0.39 is 0 Å². The number of nitrogen functional groups attached to an aromatic ring is 1. The third-order valence-electron chi connectivity index (χ3n) is 2.66. The van der Waals surface area contributed by atoms with Crippen LogP contribution in [0.3, 0.4) is 0 Å². The second kappa shape index (κ2) is 2.47. The van der Waals surface area contributed by atoms with Crippen molar-refractivity contribution in [3.63, 3.8) is 0 Å².